The standard InChI is InChI=1S/C28H38O5Si/c1-16-17(2)28(18(3)29,32-19(4)30)27(6)15-23(33-34(7,8)9)25-22(24(16)27)11-10-20-14-21(31)12-13-26(20,25)5/h12-14,22-25H,1-2,10-11,15H2,3-9H3/t22-,23?,24-,25+,26-,27-,28-/m0/s1. The minimum atomic E-state index is -1.99. The Kier molecular flexibility index (Phi) is 5.69. The monoisotopic (exact) mass is 482 g/mol. The fourth-order valence-corrected chi connectivity index (χ4v) is 9.08. The Hall–Kier alpha value is -2.05. The number of allylic oxidation sites excluding steroid dienone is 4. The second kappa shape index (κ2) is 7.72. The van der Waals surface area contributed by atoms with Crippen LogP contribution in [0.25, 0.3) is 0 Å². The molecule has 7 atom stereocenters. The molecule has 0 radical (unpaired) electrons. The van der Waals surface area contributed by atoms with Crippen LogP contribution in [0.1, 0.15) is 47.0 Å². The van der Waals surface area contributed by atoms with Crippen molar-refractivity contribution in [3.63, 3.8) is 0 Å². The SMILES string of the molecule is C=C1C(=C)[C@](OC(C)=O)(C(C)=O)[C@@]2(C)CC(O[Si](C)(C)C)[C@H]3[C@@H](CCC4=CC(=O)C=C[C@@]43C)[C@H]12. The van der Waals surface area contributed by atoms with Crippen molar-refractivity contribution in [1.29, 1.82) is 0 Å². The van der Waals surface area contributed by atoms with Gasteiger partial charge in [0.2, 0.25) is 5.60 Å². The lowest BCUT2D eigenvalue weighted by Gasteiger charge is -2.61. The number of rotatable bonds is 4. The van der Waals surface area contributed by atoms with Crippen LogP contribution in [0.4, 0.5) is 0 Å². The summed E-state index contributed by atoms with van der Waals surface area (Å²) in [6, 6.07) is 0. The van der Waals surface area contributed by atoms with Crippen LogP contribution in [-0.4, -0.2) is 37.6 Å². The van der Waals surface area contributed by atoms with Crippen molar-refractivity contribution in [3.05, 3.63) is 48.1 Å². The van der Waals surface area contributed by atoms with Crippen molar-refractivity contribution in [2.24, 2.45) is 28.6 Å². The molecule has 0 saturated heterocycles. The van der Waals surface area contributed by atoms with Crippen LogP contribution in [0, 0.1) is 28.6 Å². The maximum absolute atomic E-state index is 13.3. The summed E-state index contributed by atoms with van der Waals surface area (Å²) in [6.07, 6.45) is 7.63. The Morgan fingerprint density at radius 3 is 2.35 bits per heavy atom. The van der Waals surface area contributed by atoms with Crippen molar-refractivity contribution in [2.75, 3.05) is 0 Å². The van der Waals surface area contributed by atoms with Gasteiger partial charge in [-0.2, -0.15) is 0 Å². The molecule has 3 fully saturated rings. The number of hydrogen-bond acceptors (Lipinski definition) is 5. The van der Waals surface area contributed by atoms with Crippen molar-refractivity contribution >= 4 is 25.9 Å². The van der Waals surface area contributed by atoms with E-state index in [0.29, 0.717) is 12.0 Å². The Morgan fingerprint density at radius 2 is 1.79 bits per heavy atom. The molecule has 0 aromatic carbocycles. The Morgan fingerprint density at radius 1 is 1.15 bits per heavy atom. The van der Waals surface area contributed by atoms with Gasteiger partial charge in [-0.3, -0.25) is 14.4 Å². The van der Waals surface area contributed by atoms with Crippen LogP contribution in [-0.2, 0) is 23.5 Å². The van der Waals surface area contributed by atoms with E-state index in [1.54, 1.807) is 12.2 Å². The third kappa shape index (κ3) is 3.32. The average molecular weight is 483 g/mol. The maximum Gasteiger partial charge on any atom is 0.303 e. The molecule has 5 nitrogen and oxygen atoms in total. The van der Waals surface area contributed by atoms with Gasteiger partial charge in [-0.25, -0.2) is 0 Å². The Labute approximate surface area is 204 Å². The highest BCUT2D eigenvalue weighted by molar-refractivity contribution is 6.69. The molecular weight excluding hydrogens is 444 g/mol. The van der Waals surface area contributed by atoms with Gasteiger partial charge in [0.1, 0.15) is 0 Å². The van der Waals surface area contributed by atoms with E-state index in [1.807, 2.05) is 0 Å². The van der Waals surface area contributed by atoms with E-state index in [9.17, 15) is 14.4 Å². The Bertz CT molecular complexity index is 1060. The van der Waals surface area contributed by atoms with Crippen molar-refractivity contribution in [3.8, 4) is 0 Å². The lowest BCUT2D eigenvalue weighted by molar-refractivity contribution is -0.189. The van der Waals surface area contributed by atoms with Crippen LogP contribution >= 0.6 is 0 Å². The van der Waals surface area contributed by atoms with Crippen molar-refractivity contribution in [2.45, 2.75) is 78.3 Å². The zero-order valence-electron chi connectivity index (χ0n) is 21.6. The van der Waals surface area contributed by atoms with Crippen LogP contribution in [0.5, 0.6) is 0 Å². The number of fused-ring (bicyclic) bond motifs is 5. The first-order chi connectivity index (χ1) is 15.6. The minimum Gasteiger partial charge on any atom is -0.446 e. The molecule has 0 spiro atoms. The third-order valence-electron chi connectivity index (χ3n) is 8.93. The van der Waals surface area contributed by atoms with Crippen LogP contribution < -0.4 is 0 Å². The van der Waals surface area contributed by atoms with E-state index < -0.39 is 25.3 Å². The molecule has 0 aromatic heterocycles. The van der Waals surface area contributed by atoms with Gasteiger partial charge >= 0.3 is 5.97 Å². The maximum atomic E-state index is 13.3. The number of ketones is 2. The highest BCUT2D eigenvalue weighted by Gasteiger charge is 2.72. The van der Waals surface area contributed by atoms with Gasteiger partial charge in [0.25, 0.3) is 0 Å². The summed E-state index contributed by atoms with van der Waals surface area (Å²) in [5, 5.41) is 0. The van der Waals surface area contributed by atoms with E-state index in [1.165, 1.54) is 13.8 Å². The smallest absolute Gasteiger partial charge is 0.303 e. The third-order valence-corrected chi connectivity index (χ3v) is 9.94. The van der Waals surface area contributed by atoms with Crippen LogP contribution in [0.2, 0.25) is 19.6 Å². The van der Waals surface area contributed by atoms with Gasteiger partial charge in [-0.1, -0.05) is 38.7 Å². The summed E-state index contributed by atoms with van der Waals surface area (Å²) in [6.45, 7) is 22.4. The van der Waals surface area contributed by atoms with Crippen molar-refractivity contribution < 1.29 is 23.5 Å². The summed E-state index contributed by atoms with van der Waals surface area (Å²) in [7, 11) is -1.99. The van der Waals surface area contributed by atoms with Gasteiger partial charge in [0.15, 0.2) is 19.9 Å². The first-order valence-corrected chi connectivity index (χ1v) is 15.7. The molecule has 0 N–H and O–H groups in total. The van der Waals surface area contributed by atoms with E-state index in [2.05, 4.69) is 52.7 Å². The molecule has 0 bridgehead atoms. The quantitative estimate of drug-likeness (QED) is 0.399. The number of carbonyl (C=O) groups is 3. The lowest BCUT2D eigenvalue weighted by Crippen LogP contribution is -2.63. The normalized spacial score (nSPS) is 41.4. The topological polar surface area (TPSA) is 69.7 Å². The first-order valence-electron chi connectivity index (χ1n) is 12.3. The first kappa shape index (κ1) is 25.1. The largest absolute Gasteiger partial charge is 0.446 e. The molecule has 4 aliphatic carbocycles. The van der Waals surface area contributed by atoms with Gasteiger partial charge in [-0.05, 0) is 86.9 Å². The van der Waals surface area contributed by atoms with Gasteiger partial charge in [0.05, 0.1) is 0 Å². The van der Waals surface area contributed by atoms with Crippen LogP contribution in [0.15, 0.2) is 48.1 Å². The summed E-state index contributed by atoms with van der Waals surface area (Å²) in [5.41, 5.74) is 0.0304. The van der Waals surface area contributed by atoms with Crippen LogP contribution in [0.3, 0.4) is 0 Å². The molecule has 4 aliphatic rings. The van der Waals surface area contributed by atoms with Gasteiger partial charge < -0.3 is 9.16 Å². The lowest BCUT2D eigenvalue weighted by atomic mass is 9.46. The molecule has 6 heteroatoms. The molecule has 0 heterocycles. The zero-order valence-corrected chi connectivity index (χ0v) is 22.6. The molecule has 0 aromatic rings. The molecule has 34 heavy (non-hydrogen) atoms. The number of ether oxygens (including phenoxy) is 1. The predicted molar refractivity (Wildman–Crippen MR) is 134 cm³/mol. The summed E-state index contributed by atoms with van der Waals surface area (Å²) >= 11 is 0. The minimum absolute atomic E-state index is 0.0401. The second-order valence-corrected chi connectivity index (χ2v) is 16.6. The average Bonchev–Trinajstić information content (AvgIpc) is 2.85. The number of carbonyl (C=O) groups excluding carboxylic acids is 3. The molecule has 3 saturated carbocycles. The van der Waals surface area contributed by atoms with Crippen molar-refractivity contribution in [1.82, 2.24) is 0 Å². The summed E-state index contributed by atoms with van der Waals surface area (Å²) in [5.74, 6) is -0.468. The van der Waals surface area contributed by atoms with E-state index in [4.69, 9.17) is 9.16 Å². The fraction of sp³-hybridized carbons (Fsp3) is 0.607. The summed E-state index contributed by atoms with van der Waals surface area (Å²) in [4.78, 5) is 37.9. The van der Waals surface area contributed by atoms with E-state index >= 15 is 0 Å². The van der Waals surface area contributed by atoms with E-state index in [-0.39, 0.29) is 40.8 Å². The highest BCUT2D eigenvalue weighted by atomic mass is 28.4. The second-order valence-electron chi connectivity index (χ2n) is 12.1. The molecule has 4 rings (SSSR count). The molecule has 0 amide bonds. The Balaban J connectivity index is 1.93. The summed E-state index contributed by atoms with van der Waals surface area (Å²) < 4.78 is 12.8. The number of esters is 1. The van der Waals surface area contributed by atoms with Gasteiger partial charge in [0, 0.05) is 23.9 Å². The zero-order chi connectivity index (χ0) is 25.4. The molecule has 0 aliphatic heterocycles. The van der Waals surface area contributed by atoms with Gasteiger partial charge in [-0.15, -0.1) is 0 Å². The highest BCUT2D eigenvalue weighted by Crippen LogP contribution is 2.70. The number of Topliss-reactive ketones (excluding diaryl/α,β-unsaturated/α-hetero) is 1. The molecule has 1 unspecified atom stereocenters. The number of hydrogen-bond donors (Lipinski definition) is 0. The fourth-order valence-electron chi connectivity index (χ4n) is 7.94. The van der Waals surface area contributed by atoms with E-state index in [0.717, 1.165) is 24.0 Å². The molecule has 184 valence electrons. The molecular formula is C28H38O5Si. The predicted octanol–water partition coefficient (Wildman–Crippen LogP) is 5.35.